The summed E-state index contributed by atoms with van der Waals surface area (Å²) >= 11 is 0. The molecule has 0 heterocycles. The van der Waals surface area contributed by atoms with Crippen molar-refractivity contribution in [2.75, 3.05) is 18.2 Å². The maximum atomic E-state index is 13.8. The number of hydrogen-bond acceptors (Lipinski definition) is 4. The van der Waals surface area contributed by atoms with E-state index in [4.69, 9.17) is 10.5 Å². The number of esters is 1. The fourth-order valence-electron chi connectivity index (χ4n) is 2.04. The first-order chi connectivity index (χ1) is 9.92. The fraction of sp³-hybridized carbons (Fsp3) is 0.188. The van der Waals surface area contributed by atoms with E-state index < -0.39 is 5.97 Å². The normalized spacial score (nSPS) is 10.3. The molecule has 110 valence electrons. The van der Waals surface area contributed by atoms with Gasteiger partial charge in [-0.3, -0.25) is 0 Å². The molecule has 0 fully saturated rings. The highest BCUT2D eigenvalue weighted by Crippen LogP contribution is 2.27. The Morgan fingerprint density at radius 2 is 1.95 bits per heavy atom. The first-order valence-electron chi connectivity index (χ1n) is 6.44. The molecular formula is C16H17FN2O2. The van der Waals surface area contributed by atoms with Crippen molar-refractivity contribution in [3.8, 4) is 0 Å². The molecule has 0 aliphatic carbocycles. The van der Waals surface area contributed by atoms with Gasteiger partial charge in [-0.1, -0.05) is 6.07 Å². The van der Waals surface area contributed by atoms with E-state index in [0.29, 0.717) is 22.6 Å². The van der Waals surface area contributed by atoms with Gasteiger partial charge < -0.3 is 15.8 Å². The van der Waals surface area contributed by atoms with Crippen molar-refractivity contribution in [1.82, 2.24) is 0 Å². The number of benzene rings is 2. The van der Waals surface area contributed by atoms with Crippen molar-refractivity contribution in [2.45, 2.75) is 13.8 Å². The summed E-state index contributed by atoms with van der Waals surface area (Å²) in [4.78, 5) is 11.7. The van der Waals surface area contributed by atoms with Gasteiger partial charge in [0.25, 0.3) is 0 Å². The van der Waals surface area contributed by atoms with E-state index in [-0.39, 0.29) is 11.4 Å². The van der Waals surface area contributed by atoms with Crippen molar-refractivity contribution >= 4 is 23.0 Å². The molecule has 4 nitrogen and oxygen atoms in total. The molecule has 3 N–H and O–H groups in total. The van der Waals surface area contributed by atoms with Crippen molar-refractivity contribution in [3.63, 3.8) is 0 Å². The second kappa shape index (κ2) is 5.83. The Kier molecular flexibility index (Phi) is 4.12. The second-order valence-corrected chi connectivity index (χ2v) is 4.85. The number of halogens is 1. The Labute approximate surface area is 122 Å². The monoisotopic (exact) mass is 288 g/mol. The summed E-state index contributed by atoms with van der Waals surface area (Å²) in [6.45, 7) is 3.65. The van der Waals surface area contributed by atoms with Crippen LogP contribution in [0.1, 0.15) is 21.5 Å². The van der Waals surface area contributed by atoms with Crippen molar-refractivity contribution in [2.24, 2.45) is 0 Å². The molecule has 0 aromatic heterocycles. The lowest BCUT2D eigenvalue weighted by molar-refractivity contribution is 0.0602. The molecule has 0 saturated carbocycles. The number of methoxy groups -OCH3 is 1. The molecule has 0 amide bonds. The number of ether oxygens (including phenoxy) is 1. The number of carbonyl (C=O) groups is 1. The van der Waals surface area contributed by atoms with Crippen LogP contribution in [-0.4, -0.2) is 13.1 Å². The van der Waals surface area contributed by atoms with Crippen LogP contribution in [0.25, 0.3) is 0 Å². The number of aryl methyl sites for hydroxylation is 2. The Bertz CT molecular complexity index is 699. The number of anilines is 3. The van der Waals surface area contributed by atoms with Gasteiger partial charge in [0.05, 0.1) is 18.4 Å². The molecule has 0 atom stereocenters. The van der Waals surface area contributed by atoms with Crippen LogP contribution in [-0.2, 0) is 4.74 Å². The average Bonchev–Trinajstić information content (AvgIpc) is 2.45. The van der Waals surface area contributed by atoms with Gasteiger partial charge in [-0.2, -0.15) is 0 Å². The number of nitrogens with one attached hydrogen (secondary N) is 1. The standard InChI is InChI=1S/C16H17FN2O2/c1-9-4-5-13(17)14(6-9)19-11-7-10(2)15(18)12(8-11)16(20)21-3/h4-8,19H,18H2,1-3H3. The lowest BCUT2D eigenvalue weighted by Crippen LogP contribution is -2.08. The van der Waals surface area contributed by atoms with Crippen molar-refractivity contribution in [1.29, 1.82) is 0 Å². The highest BCUT2D eigenvalue weighted by atomic mass is 19.1. The van der Waals surface area contributed by atoms with Gasteiger partial charge in [0.15, 0.2) is 0 Å². The summed E-state index contributed by atoms with van der Waals surface area (Å²) in [5.41, 5.74) is 9.05. The molecule has 0 bridgehead atoms. The Hall–Kier alpha value is -2.56. The van der Waals surface area contributed by atoms with Crippen LogP contribution in [0, 0.1) is 19.7 Å². The minimum atomic E-state index is -0.524. The smallest absolute Gasteiger partial charge is 0.340 e. The Morgan fingerprint density at radius 1 is 1.24 bits per heavy atom. The number of nitrogens with two attached hydrogens (primary N) is 1. The van der Waals surface area contributed by atoms with E-state index >= 15 is 0 Å². The van der Waals surface area contributed by atoms with E-state index in [1.165, 1.54) is 13.2 Å². The van der Waals surface area contributed by atoms with Crippen LogP contribution in [0.15, 0.2) is 30.3 Å². The predicted octanol–water partition coefficient (Wildman–Crippen LogP) is 3.55. The lowest BCUT2D eigenvalue weighted by Gasteiger charge is -2.13. The summed E-state index contributed by atoms with van der Waals surface area (Å²) < 4.78 is 18.5. The molecular weight excluding hydrogens is 271 g/mol. The maximum absolute atomic E-state index is 13.8. The zero-order valence-corrected chi connectivity index (χ0v) is 12.2. The van der Waals surface area contributed by atoms with Crippen molar-refractivity contribution in [3.05, 3.63) is 52.8 Å². The summed E-state index contributed by atoms with van der Waals surface area (Å²) in [7, 11) is 1.29. The summed E-state index contributed by atoms with van der Waals surface area (Å²) in [5, 5.41) is 2.96. The van der Waals surface area contributed by atoms with Gasteiger partial charge in [-0.05, 0) is 49.2 Å². The quantitative estimate of drug-likeness (QED) is 0.669. The zero-order chi connectivity index (χ0) is 15.6. The number of nitrogen functional groups attached to an aromatic ring is 1. The fourth-order valence-corrected chi connectivity index (χ4v) is 2.04. The molecule has 5 heteroatoms. The highest BCUT2D eigenvalue weighted by Gasteiger charge is 2.14. The van der Waals surface area contributed by atoms with Gasteiger partial charge in [0.2, 0.25) is 0 Å². The van der Waals surface area contributed by atoms with Crippen LogP contribution in [0.2, 0.25) is 0 Å². The Balaban J connectivity index is 2.43. The first kappa shape index (κ1) is 14.8. The van der Waals surface area contributed by atoms with Crippen LogP contribution in [0.4, 0.5) is 21.5 Å². The van der Waals surface area contributed by atoms with Crippen LogP contribution in [0.5, 0.6) is 0 Å². The molecule has 0 unspecified atom stereocenters. The van der Waals surface area contributed by atoms with E-state index in [0.717, 1.165) is 5.56 Å². The maximum Gasteiger partial charge on any atom is 0.340 e. The lowest BCUT2D eigenvalue weighted by atomic mass is 10.1. The minimum absolute atomic E-state index is 0.257. The molecule has 2 aromatic rings. The van der Waals surface area contributed by atoms with Gasteiger partial charge in [0.1, 0.15) is 5.82 Å². The van der Waals surface area contributed by atoms with Crippen molar-refractivity contribution < 1.29 is 13.9 Å². The van der Waals surface area contributed by atoms with Crippen LogP contribution in [0.3, 0.4) is 0 Å². The molecule has 21 heavy (non-hydrogen) atoms. The first-order valence-corrected chi connectivity index (χ1v) is 6.44. The predicted molar refractivity (Wildman–Crippen MR) is 81.4 cm³/mol. The largest absolute Gasteiger partial charge is 0.465 e. The number of hydrogen-bond donors (Lipinski definition) is 2. The number of rotatable bonds is 3. The minimum Gasteiger partial charge on any atom is -0.465 e. The zero-order valence-electron chi connectivity index (χ0n) is 12.2. The topological polar surface area (TPSA) is 64.3 Å². The van der Waals surface area contributed by atoms with Gasteiger partial charge >= 0.3 is 5.97 Å². The molecule has 0 saturated heterocycles. The Morgan fingerprint density at radius 3 is 2.62 bits per heavy atom. The molecule has 0 spiro atoms. The van der Waals surface area contributed by atoms with Crippen LogP contribution >= 0.6 is 0 Å². The molecule has 0 aliphatic heterocycles. The van der Waals surface area contributed by atoms with E-state index in [2.05, 4.69) is 5.32 Å². The van der Waals surface area contributed by atoms with Crippen LogP contribution < -0.4 is 11.1 Å². The van der Waals surface area contributed by atoms with E-state index in [9.17, 15) is 9.18 Å². The van der Waals surface area contributed by atoms with E-state index in [1.807, 2.05) is 6.92 Å². The SMILES string of the molecule is COC(=O)c1cc(Nc2cc(C)ccc2F)cc(C)c1N. The third-order valence-corrected chi connectivity index (χ3v) is 3.19. The van der Waals surface area contributed by atoms with Gasteiger partial charge in [-0.15, -0.1) is 0 Å². The molecule has 2 aromatic carbocycles. The second-order valence-electron chi connectivity index (χ2n) is 4.85. The molecule has 0 radical (unpaired) electrons. The van der Waals surface area contributed by atoms with Gasteiger partial charge in [0, 0.05) is 11.4 Å². The third-order valence-electron chi connectivity index (χ3n) is 3.19. The molecule has 0 aliphatic rings. The highest BCUT2D eigenvalue weighted by molar-refractivity contribution is 5.97. The summed E-state index contributed by atoms with van der Waals surface area (Å²) in [6.07, 6.45) is 0. The molecule has 2 rings (SSSR count). The van der Waals surface area contributed by atoms with E-state index in [1.54, 1.807) is 31.2 Å². The average molecular weight is 288 g/mol. The number of carbonyl (C=O) groups excluding carboxylic acids is 1. The summed E-state index contributed by atoms with van der Waals surface area (Å²) in [6, 6.07) is 8.08. The summed E-state index contributed by atoms with van der Waals surface area (Å²) in [5.74, 6) is -0.890. The third kappa shape index (κ3) is 3.13. The van der Waals surface area contributed by atoms with Gasteiger partial charge in [-0.25, -0.2) is 9.18 Å².